The molecule has 0 unspecified atom stereocenters. The maximum atomic E-state index is 12.8. The standard InChI is InChI=1S/C28H33N3O3/c1-33-27-15-8-6-13-25(27)31-20-18-30(19-21-31)17-9-16-29-28(32)24-12-5-7-14-26(24)34-22-23-10-3-2-4-11-23/h2-8,10-15H,9,16-22H2,1H3,(H,29,32). The Balaban J connectivity index is 1.20. The molecular formula is C28H33N3O3. The summed E-state index contributed by atoms with van der Waals surface area (Å²) in [5.41, 5.74) is 2.80. The van der Waals surface area contributed by atoms with Crippen molar-refractivity contribution in [1.29, 1.82) is 0 Å². The zero-order valence-corrected chi connectivity index (χ0v) is 19.8. The second-order valence-electron chi connectivity index (χ2n) is 8.38. The van der Waals surface area contributed by atoms with Crippen LogP contribution in [0.15, 0.2) is 78.9 Å². The summed E-state index contributed by atoms with van der Waals surface area (Å²) in [5.74, 6) is 1.44. The van der Waals surface area contributed by atoms with Crippen molar-refractivity contribution in [2.75, 3.05) is 51.3 Å². The Bertz CT molecular complexity index is 1050. The van der Waals surface area contributed by atoms with Crippen LogP contribution in [-0.4, -0.2) is 57.2 Å². The van der Waals surface area contributed by atoms with E-state index in [0.29, 0.717) is 24.5 Å². The summed E-state index contributed by atoms with van der Waals surface area (Å²) in [7, 11) is 1.72. The lowest BCUT2D eigenvalue weighted by molar-refractivity contribution is 0.0947. The maximum Gasteiger partial charge on any atom is 0.255 e. The van der Waals surface area contributed by atoms with E-state index in [1.807, 2.05) is 66.7 Å². The number of nitrogens with zero attached hydrogens (tertiary/aromatic N) is 2. The maximum absolute atomic E-state index is 12.8. The zero-order chi connectivity index (χ0) is 23.6. The molecule has 1 aliphatic heterocycles. The Morgan fingerprint density at radius 2 is 1.53 bits per heavy atom. The Hall–Kier alpha value is -3.51. The van der Waals surface area contributed by atoms with E-state index in [-0.39, 0.29) is 5.91 Å². The van der Waals surface area contributed by atoms with Crippen molar-refractivity contribution in [2.24, 2.45) is 0 Å². The van der Waals surface area contributed by atoms with E-state index in [4.69, 9.17) is 9.47 Å². The van der Waals surface area contributed by atoms with Crippen LogP contribution in [0.25, 0.3) is 0 Å². The SMILES string of the molecule is COc1ccccc1N1CCN(CCCNC(=O)c2ccccc2OCc2ccccc2)CC1. The highest BCUT2D eigenvalue weighted by Gasteiger charge is 2.19. The highest BCUT2D eigenvalue weighted by Crippen LogP contribution is 2.28. The van der Waals surface area contributed by atoms with Crippen LogP contribution in [0.1, 0.15) is 22.3 Å². The van der Waals surface area contributed by atoms with Gasteiger partial charge in [0.25, 0.3) is 5.91 Å². The molecule has 0 saturated carbocycles. The molecule has 0 radical (unpaired) electrons. The third-order valence-corrected chi connectivity index (χ3v) is 6.10. The van der Waals surface area contributed by atoms with E-state index in [1.165, 1.54) is 0 Å². The molecule has 6 nitrogen and oxygen atoms in total. The minimum absolute atomic E-state index is 0.0929. The Labute approximate surface area is 202 Å². The number of hydrogen-bond donors (Lipinski definition) is 1. The normalized spacial score (nSPS) is 14.0. The molecule has 1 amide bonds. The molecule has 0 aromatic heterocycles. The molecule has 0 atom stereocenters. The third-order valence-electron chi connectivity index (χ3n) is 6.10. The van der Waals surface area contributed by atoms with Crippen molar-refractivity contribution in [2.45, 2.75) is 13.0 Å². The third kappa shape index (κ3) is 6.29. The van der Waals surface area contributed by atoms with E-state index in [0.717, 1.165) is 56.1 Å². The fourth-order valence-corrected chi connectivity index (χ4v) is 4.22. The Morgan fingerprint density at radius 3 is 2.29 bits per heavy atom. The first-order valence-electron chi connectivity index (χ1n) is 11.9. The van der Waals surface area contributed by atoms with Crippen LogP contribution >= 0.6 is 0 Å². The molecule has 1 fully saturated rings. The van der Waals surface area contributed by atoms with Crippen LogP contribution < -0.4 is 19.7 Å². The van der Waals surface area contributed by atoms with Gasteiger partial charge in [-0.1, -0.05) is 54.6 Å². The van der Waals surface area contributed by atoms with Crippen LogP contribution in [-0.2, 0) is 6.61 Å². The van der Waals surface area contributed by atoms with Gasteiger partial charge < -0.3 is 19.7 Å². The number of para-hydroxylation sites is 3. The highest BCUT2D eigenvalue weighted by molar-refractivity contribution is 5.96. The van der Waals surface area contributed by atoms with Crippen LogP contribution in [0.4, 0.5) is 5.69 Å². The first-order valence-corrected chi connectivity index (χ1v) is 11.9. The summed E-state index contributed by atoms with van der Waals surface area (Å²) < 4.78 is 11.4. The summed E-state index contributed by atoms with van der Waals surface area (Å²) in [6, 6.07) is 25.6. The average molecular weight is 460 g/mol. The lowest BCUT2D eigenvalue weighted by Gasteiger charge is -2.36. The van der Waals surface area contributed by atoms with Gasteiger partial charge >= 0.3 is 0 Å². The second-order valence-corrected chi connectivity index (χ2v) is 8.38. The van der Waals surface area contributed by atoms with Crippen LogP contribution in [0, 0.1) is 0 Å². The number of ether oxygens (including phenoxy) is 2. The minimum atomic E-state index is -0.0929. The topological polar surface area (TPSA) is 54.0 Å². The molecule has 1 aliphatic rings. The number of amides is 1. The number of anilines is 1. The molecule has 6 heteroatoms. The van der Waals surface area contributed by atoms with Gasteiger partial charge in [0, 0.05) is 32.7 Å². The molecule has 178 valence electrons. The van der Waals surface area contributed by atoms with Crippen LogP contribution in [0.5, 0.6) is 11.5 Å². The zero-order valence-electron chi connectivity index (χ0n) is 19.8. The number of carbonyl (C=O) groups excluding carboxylic acids is 1. The number of methoxy groups -OCH3 is 1. The number of carbonyl (C=O) groups is 1. The molecule has 1 heterocycles. The second kappa shape index (κ2) is 12.1. The number of hydrogen-bond acceptors (Lipinski definition) is 5. The summed E-state index contributed by atoms with van der Waals surface area (Å²) in [5, 5.41) is 3.05. The van der Waals surface area contributed by atoms with E-state index in [9.17, 15) is 4.79 Å². The van der Waals surface area contributed by atoms with Crippen molar-refractivity contribution >= 4 is 11.6 Å². The average Bonchev–Trinajstić information content (AvgIpc) is 2.91. The fraction of sp³-hybridized carbons (Fsp3) is 0.321. The minimum Gasteiger partial charge on any atom is -0.495 e. The highest BCUT2D eigenvalue weighted by atomic mass is 16.5. The van der Waals surface area contributed by atoms with E-state index >= 15 is 0 Å². The predicted molar refractivity (Wildman–Crippen MR) is 136 cm³/mol. The quantitative estimate of drug-likeness (QED) is 0.460. The smallest absolute Gasteiger partial charge is 0.255 e. The van der Waals surface area contributed by atoms with Gasteiger partial charge in [0.05, 0.1) is 18.4 Å². The summed E-state index contributed by atoms with van der Waals surface area (Å²) >= 11 is 0. The summed E-state index contributed by atoms with van der Waals surface area (Å²) in [6.45, 7) is 5.98. The molecule has 3 aromatic rings. The summed E-state index contributed by atoms with van der Waals surface area (Å²) in [4.78, 5) is 17.6. The first kappa shape index (κ1) is 23.6. The van der Waals surface area contributed by atoms with Gasteiger partial charge in [0.2, 0.25) is 0 Å². The lowest BCUT2D eigenvalue weighted by atomic mass is 10.2. The van der Waals surface area contributed by atoms with Crippen molar-refractivity contribution < 1.29 is 14.3 Å². The number of rotatable bonds is 10. The largest absolute Gasteiger partial charge is 0.495 e. The molecule has 34 heavy (non-hydrogen) atoms. The monoisotopic (exact) mass is 459 g/mol. The molecule has 1 saturated heterocycles. The van der Waals surface area contributed by atoms with Gasteiger partial charge in [-0.15, -0.1) is 0 Å². The van der Waals surface area contributed by atoms with Gasteiger partial charge in [-0.05, 0) is 42.8 Å². The lowest BCUT2D eigenvalue weighted by Crippen LogP contribution is -2.47. The van der Waals surface area contributed by atoms with Crippen molar-refractivity contribution in [1.82, 2.24) is 10.2 Å². The number of nitrogens with one attached hydrogen (secondary N) is 1. The molecule has 1 N–H and O–H groups in total. The fourth-order valence-electron chi connectivity index (χ4n) is 4.22. The van der Waals surface area contributed by atoms with Gasteiger partial charge in [-0.25, -0.2) is 0 Å². The molecule has 0 aliphatic carbocycles. The summed E-state index contributed by atoms with van der Waals surface area (Å²) in [6.07, 6.45) is 0.910. The van der Waals surface area contributed by atoms with Crippen LogP contribution in [0.2, 0.25) is 0 Å². The molecular weight excluding hydrogens is 426 g/mol. The van der Waals surface area contributed by atoms with Gasteiger partial charge in [-0.2, -0.15) is 0 Å². The van der Waals surface area contributed by atoms with Crippen LogP contribution in [0.3, 0.4) is 0 Å². The molecule has 0 bridgehead atoms. The van der Waals surface area contributed by atoms with Gasteiger partial charge in [0.15, 0.2) is 0 Å². The molecule has 4 rings (SSSR count). The van der Waals surface area contributed by atoms with Crippen molar-refractivity contribution in [3.63, 3.8) is 0 Å². The molecule has 3 aromatic carbocycles. The number of piperazine rings is 1. The Morgan fingerprint density at radius 1 is 0.853 bits per heavy atom. The van der Waals surface area contributed by atoms with E-state index in [2.05, 4.69) is 27.2 Å². The predicted octanol–water partition coefficient (Wildman–Crippen LogP) is 4.22. The van der Waals surface area contributed by atoms with E-state index in [1.54, 1.807) is 7.11 Å². The molecule has 0 spiro atoms. The number of benzene rings is 3. The van der Waals surface area contributed by atoms with E-state index < -0.39 is 0 Å². The van der Waals surface area contributed by atoms with Crippen molar-refractivity contribution in [3.05, 3.63) is 90.0 Å². The Kier molecular flexibility index (Phi) is 8.41. The van der Waals surface area contributed by atoms with Gasteiger partial charge in [0.1, 0.15) is 18.1 Å². The first-order chi connectivity index (χ1) is 16.7. The van der Waals surface area contributed by atoms with Gasteiger partial charge in [-0.3, -0.25) is 9.69 Å². The van der Waals surface area contributed by atoms with Crippen molar-refractivity contribution in [3.8, 4) is 11.5 Å².